The van der Waals surface area contributed by atoms with Crippen molar-refractivity contribution in [1.29, 1.82) is 0 Å². The molecule has 2 heteroatoms. The molecule has 0 saturated heterocycles. The summed E-state index contributed by atoms with van der Waals surface area (Å²) in [4.78, 5) is 0. The summed E-state index contributed by atoms with van der Waals surface area (Å²) in [5, 5.41) is 3.40. The molecule has 0 unspecified atom stereocenters. The summed E-state index contributed by atoms with van der Waals surface area (Å²) >= 11 is 0. The lowest BCUT2D eigenvalue weighted by atomic mass is 10.2. The van der Waals surface area contributed by atoms with Gasteiger partial charge in [0.15, 0.2) is 0 Å². The maximum atomic E-state index is 4.99. The summed E-state index contributed by atoms with van der Waals surface area (Å²) in [7, 11) is 0. The van der Waals surface area contributed by atoms with Crippen molar-refractivity contribution in [3.63, 3.8) is 0 Å². The second kappa shape index (κ2) is 5.66. The fourth-order valence-electron chi connectivity index (χ4n) is 1.25. The first kappa shape index (κ1) is 11.1. The van der Waals surface area contributed by atoms with Gasteiger partial charge in [-0.05, 0) is 25.5 Å². The van der Waals surface area contributed by atoms with Gasteiger partial charge in [0.2, 0.25) is 0 Å². The van der Waals surface area contributed by atoms with Crippen LogP contribution in [0, 0.1) is 5.92 Å². The van der Waals surface area contributed by atoms with Gasteiger partial charge in [0.1, 0.15) is 0 Å². The molecule has 2 nitrogen and oxygen atoms in total. The average molecular weight is 193 g/mol. The summed E-state index contributed by atoms with van der Waals surface area (Å²) in [6.07, 6.45) is 5.59. The van der Waals surface area contributed by atoms with Gasteiger partial charge in [-0.15, -0.1) is 0 Å². The third-order valence-corrected chi connectivity index (χ3v) is 1.91. The van der Waals surface area contributed by atoms with Crippen LogP contribution in [-0.2, 0) is 0 Å². The van der Waals surface area contributed by atoms with E-state index in [1.807, 2.05) is 6.07 Å². The Labute approximate surface area is 86.0 Å². The molecule has 14 heavy (non-hydrogen) atoms. The Morgan fingerprint density at radius 2 is 2.36 bits per heavy atom. The van der Waals surface area contributed by atoms with Gasteiger partial charge in [-0.3, -0.25) is 0 Å². The van der Waals surface area contributed by atoms with E-state index in [0.29, 0.717) is 5.92 Å². The molecule has 0 atom stereocenters. The minimum absolute atomic E-state index is 0.705. The molecular weight excluding hydrogens is 174 g/mol. The Morgan fingerprint density at radius 3 is 2.93 bits per heavy atom. The predicted octanol–water partition coefficient (Wildman–Crippen LogP) is 2.93. The summed E-state index contributed by atoms with van der Waals surface area (Å²) in [6, 6.07) is 1.96. The molecule has 0 spiro atoms. The van der Waals surface area contributed by atoms with E-state index in [1.165, 1.54) is 5.57 Å². The van der Waals surface area contributed by atoms with Crippen LogP contribution >= 0.6 is 0 Å². The van der Waals surface area contributed by atoms with E-state index in [9.17, 15) is 0 Å². The van der Waals surface area contributed by atoms with E-state index < -0.39 is 0 Å². The van der Waals surface area contributed by atoms with Gasteiger partial charge in [-0.2, -0.15) is 0 Å². The fourth-order valence-corrected chi connectivity index (χ4v) is 1.25. The molecule has 0 bridgehead atoms. The average Bonchev–Trinajstić information content (AvgIpc) is 2.56. The lowest BCUT2D eigenvalue weighted by Gasteiger charge is -2.06. The number of nitrogens with one attached hydrogen (secondary N) is 1. The zero-order valence-electron chi connectivity index (χ0n) is 9.21. The van der Waals surface area contributed by atoms with Crippen LogP contribution in [0.1, 0.15) is 26.3 Å². The van der Waals surface area contributed by atoms with Crippen LogP contribution < -0.4 is 5.32 Å². The summed E-state index contributed by atoms with van der Waals surface area (Å²) < 4.78 is 4.99. The molecule has 1 heterocycles. The van der Waals surface area contributed by atoms with Gasteiger partial charge >= 0.3 is 0 Å². The van der Waals surface area contributed by atoms with E-state index in [2.05, 4.69) is 32.2 Å². The van der Waals surface area contributed by atoms with Crippen molar-refractivity contribution in [3.8, 4) is 0 Å². The molecule has 0 aliphatic heterocycles. The normalized spacial score (nSPS) is 12.4. The highest BCUT2D eigenvalue weighted by atomic mass is 16.3. The van der Waals surface area contributed by atoms with Crippen molar-refractivity contribution >= 4 is 6.08 Å². The molecule has 0 aliphatic carbocycles. The Balaban J connectivity index is 2.31. The Morgan fingerprint density at radius 1 is 1.57 bits per heavy atom. The largest absolute Gasteiger partial charge is 0.472 e. The van der Waals surface area contributed by atoms with Crippen LogP contribution in [0.4, 0.5) is 0 Å². The SMILES string of the molecule is CC(=Cc1ccoc1)CNCC(C)C. The predicted molar refractivity (Wildman–Crippen MR) is 60.1 cm³/mol. The standard InChI is InChI=1S/C12H19NO/c1-10(2)7-13-8-11(3)6-12-4-5-14-9-12/h4-6,9-10,13H,7-8H2,1-3H3. The minimum atomic E-state index is 0.705. The maximum absolute atomic E-state index is 4.99. The first-order valence-electron chi connectivity index (χ1n) is 5.08. The molecule has 78 valence electrons. The third-order valence-electron chi connectivity index (χ3n) is 1.91. The number of hydrogen-bond acceptors (Lipinski definition) is 2. The zero-order chi connectivity index (χ0) is 10.4. The molecule has 1 aromatic heterocycles. The fraction of sp³-hybridized carbons (Fsp3) is 0.500. The highest BCUT2D eigenvalue weighted by Gasteiger charge is 1.94. The van der Waals surface area contributed by atoms with Crippen molar-refractivity contribution in [2.45, 2.75) is 20.8 Å². The van der Waals surface area contributed by atoms with Gasteiger partial charge < -0.3 is 9.73 Å². The van der Waals surface area contributed by atoms with Crippen LogP contribution in [0.3, 0.4) is 0 Å². The number of hydrogen-bond donors (Lipinski definition) is 1. The van der Waals surface area contributed by atoms with E-state index >= 15 is 0 Å². The quantitative estimate of drug-likeness (QED) is 0.777. The molecule has 0 aromatic carbocycles. The van der Waals surface area contributed by atoms with Gasteiger partial charge in [0.05, 0.1) is 12.5 Å². The van der Waals surface area contributed by atoms with Crippen molar-refractivity contribution in [2.75, 3.05) is 13.1 Å². The van der Waals surface area contributed by atoms with E-state index in [-0.39, 0.29) is 0 Å². The molecule has 1 aromatic rings. The van der Waals surface area contributed by atoms with E-state index in [4.69, 9.17) is 4.42 Å². The highest BCUT2D eigenvalue weighted by Crippen LogP contribution is 2.06. The molecule has 0 amide bonds. The molecule has 0 aliphatic rings. The summed E-state index contributed by atoms with van der Waals surface area (Å²) in [5.74, 6) is 0.705. The zero-order valence-corrected chi connectivity index (χ0v) is 9.21. The van der Waals surface area contributed by atoms with Gasteiger partial charge in [-0.25, -0.2) is 0 Å². The molecule has 1 rings (SSSR count). The Kier molecular flexibility index (Phi) is 4.47. The van der Waals surface area contributed by atoms with Gasteiger partial charge in [-0.1, -0.05) is 25.5 Å². The highest BCUT2D eigenvalue weighted by molar-refractivity contribution is 5.50. The smallest absolute Gasteiger partial charge is 0.0974 e. The van der Waals surface area contributed by atoms with Crippen molar-refractivity contribution < 1.29 is 4.42 Å². The van der Waals surface area contributed by atoms with Crippen molar-refractivity contribution in [2.24, 2.45) is 5.92 Å². The molecular formula is C12H19NO. The van der Waals surface area contributed by atoms with Crippen LogP contribution in [0.2, 0.25) is 0 Å². The Hall–Kier alpha value is -1.02. The molecule has 0 saturated carbocycles. The maximum Gasteiger partial charge on any atom is 0.0974 e. The van der Waals surface area contributed by atoms with Gasteiger partial charge in [0.25, 0.3) is 0 Å². The minimum Gasteiger partial charge on any atom is -0.472 e. The Bertz CT molecular complexity index is 273. The van der Waals surface area contributed by atoms with Crippen LogP contribution in [0.25, 0.3) is 6.08 Å². The summed E-state index contributed by atoms with van der Waals surface area (Å²) in [6.45, 7) is 8.56. The van der Waals surface area contributed by atoms with Crippen LogP contribution in [0.15, 0.2) is 28.6 Å². The topological polar surface area (TPSA) is 25.2 Å². The second-order valence-corrected chi connectivity index (χ2v) is 4.07. The summed E-state index contributed by atoms with van der Waals surface area (Å²) in [5.41, 5.74) is 2.46. The number of rotatable bonds is 5. The second-order valence-electron chi connectivity index (χ2n) is 4.07. The van der Waals surface area contributed by atoms with Crippen LogP contribution in [0.5, 0.6) is 0 Å². The first-order chi connectivity index (χ1) is 6.68. The van der Waals surface area contributed by atoms with E-state index in [0.717, 1.165) is 18.7 Å². The first-order valence-corrected chi connectivity index (χ1v) is 5.08. The molecule has 0 fully saturated rings. The van der Waals surface area contributed by atoms with Gasteiger partial charge in [0, 0.05) is 12.1 Å². The lowest BCUT2D eigenvalue weighted by Crippen LogP contribution is -2.21. The van der Waals surface area contributed by atoms with E-state index in [1.54, 1.807) is 12.5 Å². The van der Waals surface area contributed by atoms with Crippen molar-refractivity contribution in [3.05, 3.63) is 29.7 Å². The molecule has 0 radical (unpaired) electrons. The number of furan rings is 1. The third kappa shape index (κ3) is 4.28. The van der Waals surface area contributed by atoms with Crippen LogP contribution in [-0.4, -0.2) is 13.1 Å². The molecule has 1 N–H and O–H groups in total. The monoisotopic (exact) mass is 193 g/mol. The lowest BCUT2D eigenvalue weighted by molar-refractivity contribution is 0.566. The van der Waals surface area contributed by atoms with Crippen molar-refractivity contribution in [1.82, 2.24) is 5.32 Å².